The molecule has 1 unspecified atom stereocenters. The summed E-state index contributed by atoms with van der Waals surface area (Å²) in [6, 6.07) is 11.9. The Labute approximate surface area is 127 Å². The lowest BCUT2D eigenvalue weighted by molar-refractivity contribution is -0.116. The van der Waals surface area contributed by atoms with E-state index in [1.54, 1.807) is 0 Å². The van der Waals surface area contributed by atoms with Crippen molar-refractivity contribution in [3.63, 3.8) is 0 Å². The van der Waals surface area contributed by atoms with Gasteiger partial charge in [-0.05, 0) is 29.8 Å². The van der Waals surface area contributed by atoms with Gasteiger partial charge in [-0.2, -0.15) is 0 Å². The maximum Gasteiger partial charge on any atom is 0.225 e. The van der Waals surface area contributed by atoms with Crippen LogP contribution in [0.5, 0.6) is 0 Å². The van der Waals surface area contributed by atoms with Crippen molar-refractivity contribution in [1.29, 1.82) is 0 Å². The van der Waals surface area contributed by atoms with E-state index in [4.69, 9.17) is 11.6 Å². The molecule has 0 fully saturated rings. The van der Waals surface area contributed by atoms with E-state index in [1.807, 2.05) is 24.3 Å². The predicted octanol–water partition coefficient (Wildman–Crippen LogP) is 4.02. The molecular weight excluding hydrogens is 291 g/mol. The minimum absolute atomic E-state index is 0.130. The molecule has 0 aliphatic carbocycles. The Bertz CT molecular complexity index is 669. The van der Waals surface area contributed by atoms with Crippen molar-refractivity contribution < 1.29 is 9.18 Å². The van der Waals surface area contributed by atoms with Crippen LogP contribution in [-0.4, -0.2) is 12.5 Å². The highest BCUT2D eigenvalue weighted by Crippen LogP contribution is 2.33. The Morgan fingerprint density at radius 2 is 2.14 bits per heavy atom. The minimum Gasteiger partial charge on any atom is -0.384 e. The van der Waals surface area contributed by atoms with Crippen LogP contribution in [0.15, 0.2) is 42.5 Å². The lowest BCUT2D eigenvalue weighted by Gasteiger charge is -2.11. The number of carbonyl (C=O) groups excluding carboxylic acids is 1. The Morgan fingerprint density at radius 3 is 2.95 bits per heavy atom. The van der Waals surface area contributed by atoms with Crippen LogP contribution in [0.2, 0.25) is 5.02 Å². The fourth-order valence-electron chi connectivity index (χ4n) is 2.60. The van der Waals surface area contributed by atoms with Crippen molar-refractivity contribution in [2.75, 3.05) is 17.2 Å². The molecule has 0 saturated heterocycles. The van der Waals surface area contributed by atoms with Crippen molar-refractivity contribution in [3.05, 3.63) is 58.9 Å². The van der Waals surface area contributed by atoms with Crippen LogP contribution in [0.4, 0.5) is 15.8 Å². The summed E-state index contributed by atoms with van der Waals surface area (Å²) in [6.07, 6.45) is 0.345. The van der Waals surface area contributed by atoms with E-state index in [0.29, 0.717) is 12.1 Å². The molecule has 108 valence electrons. The van der Waals surface area contributed by atoms with Crippen molar-refractivity contribution in [2.24, 2.45) is 0 Å². The number of amides is 1. The van der Waals surface area contributed by atoms with E-state index in [1.165, 1.54) is 18.2 Å². The molecule has 2 N–H and O–H groups in total. The van der Waals surface area contributed by atoms with E-state index >= 15 is 0 Å². The molecule has 2 aromatic rings. The molecule has 0 aromatic heterocycles. The van der Waals surface area contributed by atoms with Crippen LogP contribution < -0.4 is 10.6 Å². The third-order valence-electron chi connectivity index (χ3n) is 3.52. The number of halogens is 2. The van der Waals surface area contributed by atoms with Gasteiger partial charge >= 0.3 is 0 Å². The first-order valence-electron chi connectivity index (χ1n) is 6.70. The van der Waals surface area contributed by atoms with Crippen LogP contribution in [0, 0.1) is 5.82 Å². The van der Waals surface area contributed by atoms with E-state index in [0.717, 1.165) is 17.8 Å². The molecule has 1 aliphatic rings. The molecule has 0 bridgehead atoms. The van der Waals surface area contributed by atoms with Gasteiger partial charge in [0.1, 0.15) is 5.82 Å². The second kappa shape index (κ2) is 5.74. The highest BCUT2D eigenvalue weighted by atomic mass is 35.5. The zero-order valence-electron chi connectivity index (χ0n) is 11.2. The van der Waals surface area contributed by atoms with Crippen molar-refractivity contribution >= 4 is 28.9 Å². The molecule has 2 aromatic carbocycles. The summed E-state index contributed by atoms with van der Waals surface area (Å²) in [5, 5.41) is 6.23. The summed E-state index contributed by atoms with van der Waals surface area (Å²) in [4.78, 5) is 12.1. The van der Waals surface area contributed by atoms with Crippen molar-refractivity contribution in [3.8, 4) is 0 Å². The lowest BCUT2D eigenvalue weighted by Crippen LogP contribution is -2.16. The molecule has 1 amide bonds. The molecular formula is C16H14ClFN2O. The van der Waals surface area contributed by atoms with Gasteiger partial charge in [-0.15, -0.1) is 0 Å². The van der Waals surface area contributed by atoms with Crippen LogP contribution in [0.3, 0.4) is 0 Å². The van der Waals surface area contributed by atoms with Crippen molar-refractivity contribution in [1.82, 2.24) is 0 Å². The molecule has 1 atom stereocenters. The van der Waals surface area contributed by atoms with Crippen LogP contribution in [-0.2, 0) is 4.79 Å². The number of carbonyl (C=O) groups is 1. The summed E-state index contributed by atoms with van der Waals surface area (Å²) in [5.41, 5.74) is 2.60. The average Bonchev–Trinajstić information content (AvgIpc) is 2.81. The monoisotopic (exact) mass is 304 g/mol. The molecule has 3 rings (SSSR count). The number of anilines is 2. The van der Waals surface area contributed by atoms with E-state index in [2.05, 4.69) is 10.6 Å². The lowest BCUT2D eigenvalue weighted by atomic mass is 9.97. The maximum absolute atomic E-state index is 13.2. The standard InChI is InChI=1S/C16H14ClFN2O/c17-11-6-12(18)8-13(7-11)20-16(21)5-10-9-19-15-4-2-1-3-14(10)15/h1-4,6-8,10,19H,5,9H2,(H,20,21). The van der Waals surface area contributed by atoms with Crippen molar-refractivity contribution in [2.45, 2.75) is 12.3 Å². The first-order valence-corrected chi connectivity index (χ1v) is 7.08. The summed E-state index contributed by atoms with van der Waals surface area (Å²) < 4.78 is 13.2. The molecule has 0 spiro atoms. The van der Waals surface area contributed by atoms with Gasteiger partial charge in [-0.3, -0.25) is 4.79 Å². The zero-order valence-corrected chi connectivity index (χ0v) is 12.0. The quantitative estimate of drug-likeness (QED) is 0.899. The second-order valence-corrected chi connectivity index (χ2v) is 5.51. The molecule has 1 heterocycles. The molecule has 1 aliphatic heterocycles. The highest BCUT2D eigenvalue weighted by molar-refractivity contribution is 6.30. The summed E-state index contributed by atoms with van der Waals surface area (Å²) >= 11 is 5.77. The van der Waals surface area contributed by atoms with Gasteiger partial charge in [0.2, 0.25) is 5.91 Å². The zero-order chi connectivity index (χ0) is 14.8. The van der Waals surface area contributed by atoms with E-state index < -0.39 is 5.82 Å². The van der Waals surface area contributed by atoms with Gasteiger partial charge in [0.05, 0.1) is 0 Å². The summed E-state index contributed by atoms with van der Waals surface area (Å²) in [5.74, 6) is -0.490. The molecule has 3 nitrogen and oxygen atoms in total. The van der Waals surface area contributed by atoms with Gasteiger partial charge < -0.3 is 10.6 Å². The number of nitrogens with one attached hydrogen (secondary N) is 2. The SMILES string of the molecule is O=C(CC1CNc2ccccc21)Nc1cc(F)cc(Cl)c1. The summed E-state index contributed by atoms with van der Waals surface area (Å²) in [7, 11) is 0. The maximum atomic E-state index is 13.2. The molecule has 21 heavy (non-hydrogen) atoms. The number of fused-ring (bicyclic) bond motifs is 1. The normalized spacial score (nSPS) is 16.2. The van der Waals surface area contributed by atoms with Crippen LogP contribution in [0.25, 0.3) is 0 Å². The predicted molar refractivity (Wildman–Crippen MR) is 82.3 cm³/mol. The number of hydrogen-bond donors (Lipinski definition) is 2. The van der Waals surface area contributed by atoms with Gasteiger partial charge in [0.25, 0.3) is 0 Å². The van der Waals surface area contributed by atoms with E-state index in [9.17, 15) is 9.18 Å². The van der Waals surface area contributed by atoms with E-state index in [-0.39, 0.29) is 16.8 Å². The smallest absolute Gasteiger partial charge is 0.225 e. The molecule has 0 saturated carbocycles. The highest BCUT2D eigenvalue weighted by Gasteiger charge is 2.24. The fraction of sp³-hybridized carbons (Fsp3) is 0.188. The van der Waals surface area contributed by atoms with Gasteiger partial charge in [-0.1, -0.05) is 29.8 Å². The topological polar surface area (TPSA) is 41.1 Å². The number of benzene rings is 2. The molecule has 5 heteroatoms. The number of para-hydroxylation sites is 1. The Hall–Kier alpha value is -2.07. The largest absolute Gasteiger partial charge is 0.384 e. The summed E-state index contributed by atoms with van der Waals surface area (Å²) in [6.45, 7) is 0.733. The average molecular weight is 305 g/mol. The third kappa shape index (κ3) is 3.16. The van der Waals surface area contributed by atoms with Crippen LogP contribution in [0.1, 0.15) is 17.9 Å². The first-order chi connectivity index (χ1) is 10.1. The van der Waals surface area contributed by atoms with Gasteiger partial charge in [0.15, 0.2) is 0 Å². The molecule has 0 radical (unpaired) electrons. The Balaban J connectivity index is 1.68. The number of rotatable bonds is 3. The van der Waals surface area contributed by atoms with Gasteiger partial charge in [-0.25, -0.2) is 4.39 Å². The minimum atomic E-state index is -0.467. The van der Waals surface area contributed by atoms with Crippen LogP contribution >= 0.6 is 11.6 Å². The second-order valence-electron chi connectivity index (χ2n) is 5.08. The Kier molecular flexibility index (Phi) is 3.80. The first kappa shape index (κ1) is 13.9. The Morgan fingerprint density at radius 1 is 1.33 bits per heavy atom. The number of hydrogen-bond acceptors (Lipinski definition) is 2. The third-order valence-corrected chi connectivity index (χ3v) is 3.74. The van der Waals surface area contributed by atoms with Gasteiger partial charge in [0, 0.05) is 35.3 Å². The fourth-order valence-corrected chi connectivity index (χ4v) is 2.82.